The third-order valence-corrected chi connectivity index (χ3v) is 5.35. The van der Waals surface area contributed by atoms with E-state index < -0.39 is 49.2 Å². The van der Waals surface area contributed by atoms with Crippen molar-refractivity contribution < 1.29 is 55.1 Å². The Bertz CT molecular complexity index is 1030. The van der Waals surface area contributed by atoms with Crippen molar-refractivity contribution in [2.24, 2.45) is 0 Å². The van der Waals surface area contributed by atoms with E-state index >= 15 is 0 Å². The molecule has 1 unspecified atom stereocenters. The third kappa shape index (κ3) is 3.87. The molecular weight excluding hydrogens is 428 g/mol. The van der Waals surface area contributed by atoms with Crippen molar-refractivity contribution in [1.82, 2.24) is 0 Å². The molecule has 9 N–H and O–H groups in total. The number of ether oxygens (including phenoxy) is 3. The summed E-state index contributed by atoms with van der Waals surface area (Å²) in [5.41, 5.74) is 0.592. The lowest BCUT2D eigenvalue weighted by Crippen LogP contribution is -2.60. The minimum atomic E-state index is -1.65. The van der Waals surface area contributed by atoms with Crippen molar-refractivity contribution in [2.75, 3.05) is 6.61 Å². The standard InChI is InChI=1S/C21H22O11/c22-7-16-17(27)18(28)19(29)21(32-16)31-14-2-1-8(3-12(14)25)20-13(26)6-10-11(24)4-9(23)5-15(10)30-20/h1-6,16-29H,7H2/p+1/t16-,17-,18-,19+,20?,21-/m1/s1. The number of phenols is 3. The minimum Gasteiger partial charge on any atom is -0.571 e. The highest BCUT2D eigenvalue weighted by Crippen LogP contribution is 2.44. The van der Waals surface area contributed by atoms with Gasteiger partial charge in [-0.05, 0) is 18.2 Å². The van der Waals surface area contributed by atoms with Crippen molar-refractivity contribution >= 4 is 6.08 Å². The van der Waals surface area contributed by atoms with Crippen LogP contribution in [-0.2, 0) is 4.74 Å². The van der Waals surface area contributed by atoms with Gasteiger partial charge in [-0.3, -0.25) is 0 Å². The molecule has 2 heterocycles. The van der Waals surface area contributed by atoms with Crippen LogP contribution in [0, 0.1) is 0 Å². The van der Waals surface area contributed by atoms with Gasteiger partial charge in [-0.2, -0.15) is 0 Å². The van der Waals surface area contributed by atoms with Crippen LogP contribution in [-0.4, -0.2) is 82.9 Å². The average molecular weight is 451 g/mol. The molecule has 11 heteroatoms. The first-order valence-electron chi connectivity index (χ1n) is 9.67. The lowest BCUT2D eigenvalue weighted by molar-refractivity contribution is -0.277. The summed E-state index contributed by atoms with van der Waals surface area (Å²) in [6, 6.07) is 6.50. The first kappa shape index (κ1) is 22.0. The summed E-state index contributed by atoms with van der Waals surface area (Å²) in [4.78, 5) is 0. The van der Waals surface area contributed by atoms with Crippen molar-refractivity contribution in [3.8, 4) is 28.7 Å². The number of aromatic hydroxyl groups is 4. The SMILES string of the molecule is OC[C@H]1O[C@@H](Oc2ccc(C3[OH+]c4cc(O)cc(O)c4C=C3O)cc2O)[C@@H](O)[C@H](O)[C@@H]1O. The van der Waals surface area contributed by atoms with Crippen LogP contribution in [0.4, 0.5) is 0 Å². The topological polar surface area (TPSA) is 193 Å². The second-order valence-electron chi connectivity index (χ2n) is 7.54. The molecule has 0 aromatic heterocycles. The van der Waals surface area contributed by atoms with Gasteiger partial charge in [-0.25, -0.2) is 0 Å². The Labute approximate surface area is 181 Å². The summed E-state index contributed by atoms with van der Waals surface area (Å²) in [6.45, 7) is -0.628. The molecule has 0 amide bonds. The lowest BCUT2D eigenvalue weighted by atomic mass is 9.99. The van der Waals surface area contributed by atoms with E-state index in [-0.39, 0.29) is 34.3 Å². The molecular formula is C21H23O11+. The van der Waals surface area contributed by atoms with Crippen LogP contribution < -0.4 is 4.74 Å². The van der Waals surface area contributed by atoms with Crippen LogP contribution in [0.15, 0.2) is 36.1 Å². The Balaban J connectivity index is 1.55. The fourth-order valence-corrected chi connectivity index (χ4v) is 3.63. The van der Waals surface area contributed by atoms with Gasteiger partial charge in [0.15, 0.2) is 17.3 Å². The molecule has 32 heavy (non-hydrogen) atoms. The number of fused-ring (bicyclic) bond motifs is 1. The van der Waals surface area contributed by atoms with E-state index in [4.69, 9.17) is 9.47 Å². The van der Waals surface area contributed by atoms with Crippen molar-refractivity contribution in [3.63, 3.8) is 0 Å². The Kier molecular flexibility index (Phi) is 5.75. The molecule has 11 nitrogen and oxygen atoms in total. The monoisotopic (exact) mass is 451 g/mol. The van der Waals surface area contributed by atoms with Crippen LogP contribution in [0.1, 0.15) is 17.2 Å². The summed E-state index contributed by atoms with van der Waals surface area (Å²) in [5, 5.41) is 79.4. The Hall–Kier alpha value is -3.22. The van der Waals surface area contributed by atoms with E-state index in [1.807, 2.05) is 0 Å². The van der Waals surface area contributed by atoms with Crippen molar-refractivity contribution in [2.45, 2.75) is 36.8 Å². The van der Waals surface area contributed by atoms with Crippen LogP contribution >= 0.6 is 0 Å². The predicted molar refractivity (Wildman–Crippen MR) is 107 cm³/mol. The van der Waals surface area contributed by atoms with Gasteiger partial charge in [-0.1, -0.05) is 0 Å². The molecule has 0 bridgehead atoms. The van der Waals surface area contributed by atoms with Crippen LogP contribution in [0.2, 0.25) is 0 Å². The zero-order valence-corrected chi connectivity index (χ0v) is 16.5. The number of aliphatic hydroxyl groups excluding tert-OH is 5. The second kappa shape index (κ2) is 8.37. The minimum absolute atomic E-state index is 0.131. The highest BCUT2D eigenvalue weighted by atomic mass is 16.7. The number of rotatable bonds is 4. The summed E-state index contributed by atoms with van der Waals surface area (Å²) in [7, 11) is 0. The van der Waals surface area contributed by atoms with Gasteiger partial charge >= 0.3 is 0 Å². The van der Waals surface area contributed by atoms with E-state index in [9.17, 15) is 40.9 Å². The first-order chi connectivity index (χ1) is 15.2. The average Bonchev–Trinajstić information content (AvgIpc) is 2.75. The van der Waals surface area contributed by atoms with Crippen molar-refractivity contribution in [3.05, 3.63) is 47.2 Å². The van der Waals surface area contributed by atoms with E-state index in [1.165, 1.54) is 30.3 Å². The van der Waals surface area contributed by atoms with Gasteiger partial charge < -0.3 is 55.1 Å². The zero-order valence-electron chi connectivity index (χ0n) is 16.5. The van der Waals surface area contributed by atoms with E-state index in [0.29, 0.717) is 5.56 Å². The highest BCUT2D eigenvalue weighted by molar-refractivity contribution is 5.69. The maximum atomic E-state index is 10.4. The summed E-state index contributed by atoms with van der Waals surface area (Å²) in [5.74, 6) is -0.948. The molecule has 2 aliphatic rings. The largest absolute Gasteiger partial charge is 0.571 e. The normalized spacial score (nSPS) is 29.6. The molecule has 0 aliphatic carbocycles. The maximum Gasteiger partial charge on any atom is 0.270 e. The zero-order chi connectivity index (χ0) is 23.2. The number of benzene rings is 2. The molecule has 0 saturated carbocycles. The van der Waals surface area contributed by atoms with E-state index in [0.717, 1.165) is 6.07 Å². The van der Waals surface area contributed by atoms with Gasteiger partial charge in [0.05, 0.1) is 18.2 Å². The summed E-state index contributed by atoms with van der Waals surface area (Å²) >= 11 is 0. The third-order valence-electron chi connectivity index (χ3n) is 5.35. The Morgan fingerprint density at radius 2 is 1.66 bits per heavy atom. The molecule has 1 saturated heterocycles. The summed E-state index contributed by atoms with van der Waals surface area (Å²) < 4.78 is 15.0. The van der Waals surface area contributed by atoms with Gasteiger partial charge in [-0.15, -0.1) is 0 Å². The molecule has 4 rings (SSSR count). The number of aliphatic hydroxyl groups is 6. The van der Waals surface area contributed by atoms with Crippen LogP contribution in [0.3, 0.4) is 0 Å². The molecule has 0 radical (unpaired) electrons. The molecule has 172 valence electrons. The molecule has 2 aliphatic heterocycles. The van der Waals surface area contributed by atoms with Gasteiger partial charge in [0.2, 0.25) is 6.29 Å². The summed E-state index contributed by atoms with van der Waals surface area (Å²) in [6.07, 6.45) is -7.11. The first-order valence-corrected chi connectivity index (χ1v) is 9.67. The number of hydrogen-bond donors (Lipinski definition) is 8. The van der Waals surface area contributed by atoms with E-state index in [2.05, 4.69) is 4.74 Å². The number of phenolic OH excluding ortho intramolecular Hbond substituents is 3. The van der Waals surface area contributed by atoms with Crippen LogP contribution in [0.25, 0.3) is 6.08 Å². The van der Waals surface area contributed by atoms with Crippen LogP contribution in [0.5, 0.6) is 28.7 Å². The Morgan fingerprint density at radius 1 is 0.906 bits per heavy atom. The van der Waals surface area contributed by atoms with Gasteiger partial charge in [0.1, 0.15) is 41.5 Å². The highest BCUT2D eigenvalue weighted by Gasteiger charge is 2.45. The van der Waals surface area contributed by atoms with Crippen molar-refractivity contribution in [1.29, 1.82) is 0 Å². The van der Waals surface area contributed by atoms with E-state index in [1.54, 1.807) is 0 Å². The molecule has 1 fully saturated rings. The fraction of sp³-hybridized carbons (Fsp3) is 0.333. The lowest BCUT2D eigenvalue weighted by Gasteiger charge is -2.39. The molecule has 0 spiro atoms. The number of hydrogen-bond acceptors (Lipinski definition) is 10. The smallest absolute Gasteiger partial charge is 0.270 e. The second-order valence-corrected chi connectivity index (χ2v) is 7.54. The molecule has 2 aromatic rings. The van der Waals surface area contributed by atoms with Gasteiger partial charge in [0, 0.05) is 12.1 Å². The van der Waals surface area contributed by atoms with Gasteiger partial charge in [0.25, 0.3) is 11.9 Å². The quantitative estimate of drug-likeness (QED) is 0.290. The predicted octanol–water partition coefficient (Wildman–Crippen LogP) is -0.123. The Morgan fingerprint density at radius 3 is 2.34 bits per heavy atom. The molecule has 2 aromatic carbocycles. The molecule has 6 atom stereocenters. The maximum absolute atomic E-state index is 10.4. The fourth-order valence-electron chi connectivity index (χ4n) is 3.63.